The van der Waals surface area contributed by atoms with Gasteiger partial charge in [-0.25, -0.2) is 0 Å². The summed E-state index contributed by atoms with van der Waals surface area (Å²) in [6, 6.07) is -1.08. The average molecular weight is 294 g/mol. The van der Waals surface area contributed by atoms with Gasteiger partial charge in [-0.05, 0) is 26.2 Å². The lowest BCUT2D eigenvalue weighted by Gasteiger charge is -2.31. The molecule has 1 fully saturated rings. The summed E-state index contributed by atoms with van der Waals surface area (Å²) in [6.45, 7) is 1.40. The fraction of sp³-hybridized carbons (Fsp3) is 0.800. The monoisotopic (exact) mass is 294 g/mol. The summed E-state index contributed by atoms with van der Waals surface area (Å²) in [5, 5.41) is 9.01. The summed E-state index contributed by atoms with van der Waals surface area (Å²) in [6.07, 6.45) is 1.54. The zero-order valence-corrected chi connectivity index (χ0v) is 11.5. The fourth-order valence-electron chi connectivity index (χ4n) is 1.88. The minimum absolute atomic E-state index is 0.134. The Bertz CT molecular complexity index is 435. The second-order valence-electron chi connectivity index (χ2n) is 4.09. The lowest BCUT2D eigenvalue weighted by Crippen LogP contribution is -2.52. The van der Waals surface area contributed by atoms with Gasteiger partial charge in [0.1, 0.15) is 12.6 Å². The van der Waals surface area contributed by atoms with Gasteiger partial charge in [0.15, 0.2) is 0 Å². The Kier molecular flexibility index (Phi) is 5.70. The summed E-state index contributed by atoms with van der Waals surface area (Å²) in [5.74, 6) is -1.88. The van der Waals surface area contributed by atoms with Gasteiger partial charge >= 0.3 is 11.9 Å². The molecule has 0 saturated carbocycles. The maximum absolute atomic E-state index is 12.0. The SMILES string of the molecule is CCOC(=O)CNS(=O)(=O)N1CCCCC1C(=O)O. The van der Waals surface area contributed by atoms with E-state index in [9.17, 15) is 18.0 Å². The van der Waals surface area contributed by atoms with Crippen LogP contribution in [0, 0.1) is 0 Å². The lowest BCUT2D eigenvalue weighted by molar-refractivity contribution is -0.142. The maximum Gasteiger partial charge on any atom is 0.322 e. The number of nitrogens with zero attached hydrogens (tertiary/aromatic N) is 1. The van der Waals surface area contributed by atoms with Crippen LogP contribution in [0.1, 0.15) is 26.2 Å². The first-order valence-electron chi connectivity index (χ1n) is 6.03. The number of carboxylic acids is 1. The van der Waals surface area contributed by atoms with Gasteiger partial charge in [-0.15, -0.1) is 0 Å². The minimum atomic E-state index is -3.99. The van der Waals surface area contributed by atoms with Crippen molar-refractivity contribution in [2.75, 3.05) is 19.7 Å². The van der Waals surface area contributed by atoms with Crippen LogP contribution in [0.3, 0.4) is 0 Å². The quantitative estimate of drug-likeness (QED) is 0.628. The number of carbonyl (C=O) groups excluding carboxylic acids is 1. The topological polar surface area (TPSA) is 113 Å². The van der Waals surface area contributed by atoms with Crippen molar-refractivity contribution in [2.24, 2.45) is 0 Å². The van der Waals surface area contributed by atoms with Crippen molar-refractivity contribution in [2.45, 2.75) is 32.2 Å². The molecule has 0 amide bonds. The molecule has 9 heteroatoms. The molecule has 2 N–H and O–H groups in total. The summed E-state index contributed by atoms with van der Waals surface area (Å²) < 4.78 is 31.4. The Morgan fingerprint density at radius 1 is 1.42 bits per heavy atom. The fourth-order valence-corrected chi connectivity index (χ4v) is 3.25. The zero-order valence-electron chi connectivity index (χ0n) is 10.7. The number of hydrogen-bond donors (Lipinski definition) is 2. The van der Waals surface area contributed by atoms with Crippen LogP contribution in [0.5, 0.6) is 0 Å². The Morgan fingerprint density at radius 3 is 2.68 bits per heavy atom. The third-order valence-electron chi connectivity index (χ3n) is 2.75. The van der Waals surface area contributed by atoms with Gasteiger partial charge in [0.2, 0.25) is 0 Å². The maximum atomic E-state index is 12.0. The van der Waals surface area contributed by atoms with E-state index in [-0.39, 0.29) is 19.6 Å². The van der Waals surface area contributed by atoms with Gasteiger partial charge in [0.05, 0.1) is 6.61 Å². The average Bonchev–Trinajstić information content (AvgIpc) is 2.37. The van der Waals surface area contributed by atoms with Crippen LogP contribution in [-0.4, -0.2) is 55.5 Å². The largest absolute Gasteiger partial charge is 0.480 e. The van der Waals surface area contributed by atoms with Gasteiger partial charge in [-0.3, -0.25) is 9.59 Å². The number of carboxylic acid groups (broad SMARTS) is 1. The molecule has 110 valence electrons. The van der Waals surface area contributed by atoms with E-state index >= 15 is 0 Å². The van der Waals surface area contributed by atoms with Crippen LogP contribution in [-0.2, 0) is 24.5 Å². The summed E-state index contributed by atoms with van der Waals surface area (Å²) in [5.41, 5.74) is 0. The van der Waals surface area contributed by atoms with E-state index in [2.05, 4.69) is 9.46 Å². The van der Waals surface area contributed by atoms with Gasteiger partial charge < -0.3 is 9.84 Å². The molecular weight excluding hydrogens is 276 g/mol. The van der Waals surface area contributed by atoms with Gasteiger partial charge in [-0.2, -0.15) is 17.4 Å². The van der Waals surface area contributed by atoms with E-state index in [1.807, 2.05) is 0 Å². The molecule has 0 aromatic heterocycles. The molecule has 1 saturated heterocycles. The van der Waals surface area contributed by atoms with Crippen LogP contribution >= 0.6 is 0 Å². The van der Waals surface area contributed by atoms with E-state index in [0.717, 1.165) is 4.31 Å². The van der Waals surface area contributed by atoms with Gasteiger partial charge in [0.25, 0.3) is 10.2 Å². The summed E-state index contributed by atoms with van der Waals surface area (Å²) in [7, 11) is -3.99. The molecule has 0 spiro atoms. The highest BCUT2D eigenvalue weighted by Gasteiger charge is 2.36. The highest BCUT2D eigenvalue weighted by atomic mass is 32.2. The number of nitrogens with one attached hydrogen (secondary N) is 1. The number of ether oxygens (including phenoxy) is 1. The Labute approximate surface area is 111 Å². The van der Waals surface area contributed by atoms with E-state index < -0.39 is 34.7 Å². The number of hydrogen-bond acceptors (Lipinski definition) is 5. The van der Waals surface area contributed by atoms with Crippen molar-refractivity contribution in [1.29, 1.82) is 0 Å². The molecule has 19 heavy (non-hydrogen) atoms. The summed E-state index contributed by atoms with van der Waals surface area (Å²) in [4.78, 5) is 22.1. The highest BCUT2D eigenvalue weighted by Crippen LogP contribution is 2.19. The second-order valence-corrected chi connectivity index (χ2v) is 5.80. The predicted molar refractivity (Wildman–Crippen MR) is 65.5 cm³/mol. The van der Waals surface area contributed by atoms with Crippen LogP contribution in [0.2, 0.25) is 0 Å². The molecule has 8 nitrogen and oxygen atoms in total. The predicted octanol–water partition coefficient (Wildman–Crippen LogP) is -0.677. The van der Waals surface area contributed by atoms with Crippen molar-refractivity contribution in [3.63, 3.8) is 0 Å². The molecule has 1 aliphatic rings. The van der Waals surface area contributed by atoms with Crippen molar-refractivity contribution in [1.82, 2.24) is 9.03 Å². The Balaban J connectivity index is 2.69. The molecule has 0 aromatic carbocycles. The molecule has 0 aliphatic carbocycles. The smallest absolute Gasteiger partial charge is 0.322 e. The van der Waals surface area contributed by atoms with Crippen LogP contribution < -0.4 is 4.72 Å². The van der Waals surface area contributed by atoms with Crippen LogP contribution in [0.15, 0.2) is 0 Å². The van der Waals surface area contributed by atoms with Crippen LogP contribution in [0.4, 0.5) is 0 Å². The van der Waals surface area contributed by atoms with Crippen molar-refractivity contribution < 1.29 is 27.9 Å². The molecule has 1 aliphatic heterocycles. The second kappa shape index (κ2) is 6.83. The van der Waals surface area contributed by atoms with Crippen molar-refractivity contribution >= 4 is 22.1 Å². The molecule has 0 bridgehead atoms. The molecular formula is C10H18N2O6S. The molecule has 1 unspecified atom stereocenters. The molecule has 1 rings (SSSR count). The number of piperidine rings is 1. The number of esters is 1. The molecule has 0 aromatic rings. The third-order valence-corrected chi connectivity index (χ3v) is 4.32. The summed E-state index contributed by atoms with van der Waals surface area (Å²) >= 11 is 0. The van der Waals surface area contributed by atoms with Crippen molar-refractivity contribution in [3.8, 4) is 0 Å². The van der Waals surface area contributed by atoms with E-state index in [0.29, 0.717) is 12.8 Å². The first-order chi connectivity index (χ1) is 8.88. The normalized spacial score (nSPS) is 21.0. The first kappa shape index (κ1) is 15.9. The number of carbonyl (C=O) groups is 2. The number of rotatable bonds is 6. The highest BCUT2D eigenvalue weighted by molar-refractivity contribution is 7.87. The lowest BCUT2D eigenvalue weighted by atomic mass is 10.1. The standard InChI is InChI=1S/C10H18N2O6S/c1-2-18-9(13)7-11-19(16,17)12-6-4-3-5-8(12)10(14)15/h8,11H,2-7H2,1H3,(H,14,15). The van der Waals surface area contributed by atoms with Gasteiger partial charge in [-0.1, -0.05) is 0 Å². The van der Waals surface area contributed by atoms with Gasteiger partial charge in [0, 0.05) is 6.54 Å². The van der Waals surface area contributed by atoms with E-state index in [1.54, 1.807) is 6.92 Å². The minimum Gasteiger partial charge on any atom is -0.480 e. The van der Waals surface area contributed by atoms with Crippen LogP contribution in [0.25, 0.3) is 0 Å². The zero-order chi connectivity index (χ0) is 14.5. The number of aliphatic carboxylic acids is 1. The molecule has 0 radical (unpaired) electrons. The Hall–Kier alpha value is -1.19. The van der Waals surface area contributed by atoms with E-state index in [4.69, 9.17) is 5.11 Å². The van der Waals surface area contributed by atoms with Crippen molar-refractivity contribution in [3.05, 3.63) is 0 Å². The Morgan fingerprint density at radius 2 is 2.11 bits per heavy atom. The molecule has 1 atom stereocenters. The van der Waals surface area contributed by atoms with E-state index in [1.165, 1.54) is 0 Å². The molecule has 1 heterocycles. The third kappa shape index (κ3) is 4.44. The first-order valence-corrected chi connectivity index (χ1v) is 7.47.